The van der Waals surface area contributed by atoms with Gasteiger partial charge < -0.3 is 14.0 Å². The lowest BCUT2D eigenvalue weighted by Gasteiger charge is -2.26. The number of imidazole rings is 1. The minimum atomic E-state index is -3.60. The number of morpholine rings is 1. The number of hydrogen-bond acceptors (Lipinski definition) is 5. The summed E-state index contributed by atoms with van der Waals surface area (Å²) < 4.78 is 40.2. The van der Waals surface area contributed by atoms with Gasteiger partial charge in [-0.25, -0.2) is 13.4 Å². The van der Waals surface area contributed by atoms with Crippen molar-refractivity contribution in [2.75, 3.05) is 33.4 Å². The molecule has 3 aromatic rings. The molecule has 4 rings (SSSR count). The summed E-state index contributed by atoms with van der Waals surface area (Å²) in [5, 5.41) is 0.473. The zero-order chi connectivity index (χ0) is 22.7. The molecule has 0 spiro atoms. The fourth-order valence-electron chi connectivity index (χ4n) is 3.78. The van der Waals surface area contributed by atoms with E-state index in [4.69, 9.17) is 26.1 Å². The number of ether oxygens (including phenoxy) is 2. The Labute approximate surface area is 193 Å². The van der Waals surface area contributed by atoms with Crippen LogP contribution in [0.4, 0.5) is 0 Å². The first-order valence-electron chi connectivity index (χ1n) is 10.5. The molecule has 1 aliphatic heterocycles. The lowest BCUT2D eigenvalue weighted by atomic mass is 10.2. The lowest BCUT2D eigenvalue weighted by Crippen LogP contribution is -2.40. The number of nitrogens with zero attached hydrogens (tertiary/aromatic N) is 3. The van der Waals surface area contributed by atoms with Crippen LogP contribution in [-0.2, 0) is 21.3 Å². The maximum Gasteiger partial charge on any atom is 0.243 e. The number of rotatable bonds is 7. The number of sulfonamides is 1. The Morgan fingerprint density at radius 3 is 2.72 bits per heavy atom. The first-order valence-corrected chi connectivity index (χ1v) is 12.4. The molecule has 9 heteroatoms. The van der Waals surface area contributed by atoms with E-state index in [0.29, 0.717) is 49.2 Å². The van der Waals surface area contributed by atoms with E-state index < -0.39 is 10.0 Å². The van der Waals surface area contributed by atoms with Crippen LogP contribution in [0.15, 0.2) is 47.4 Å². The molecular formula is C23H26ClN3O4S. The van der Waals surface area contributed by atoms with Crippen molar-refractivity contribution in [3.05, 3.63) is 53.9 Å². The maximum absolute atomic E-state index is 13.1. The van der Waals surface area contributed by atoms with E-state index in [0.717, 1.165) is 23.3 Å². The minimum Gasteiger partial charge on any atom is -0.497 e. The van der Waals surface area contributed by atoms with Crippen LogP contribution < -0.4 is 4.74 Å². The van der Waals surface area contributed by atoms with Gasteiger partial charge in [-0.05, 0) is 48.4 Å². The van der Waals surface area contributed by atoms with Crippen molar-refractivity contribution in [3.63, 3.8) is 0 Å². The van der Waals surface area contributed by atoms with Crippen molar-refractivity contribution in [2.24, 2.45) is 0 Å². The molecule has 0 N–H and O–H groups in total. The van der Waals surface area contributed by atoms with E-state index in [1.54, 1.807) is 19.2 Å². The van der Waals surface area contributed by atoms with Gasteiger partial charge in [-0.15, -0.1) is 0 Å². The summed E-state index contributed by atoms with van der Waals surface area (Å²) in [4.78, 5) is 4.94. The molecule has 0 saturated carbocycles. The number of halogens is 1. The topological polar surface area (TPSA) is 73.7 Å². The highest BCUT2D eigenvalue weighted by Gasteiger charge is 2.27. The second-order valence-corrected chi connectivity index (χ2v) is 9.87. The molecule has 2 heterocycles. The minimum absolute atomic E-state index is 0.229. The zero-order valence-corrected chi connectivity index (χ0v) is 19.7. The number of fused-ring (bicyclic) bond motifs is 1. The Hall–Kier alpha value is -2.39. The second kappa shape index (κ2) is 9.62. The van der Waals surface area contributed by atoms with Crippen LogP contribution in [0.1, 0.15) is 24.7 Å². The Morgan fingerprint density at radius 2 is 2.00 bits per heavy atom. The van der Waals surface area contributed by atoms with E-state index in [-0.39, 0.29) is 4.90 Å². The summed E-state index contributed by atoms with van der Waals surface area (Å²) in [6.45, 7) is 4.30. The molecule has 0 amide bonds. The third kappa shape index (κ3) is 4.54. The molecule has 7 nitrogen and oxygen atoms in total. The summed E-state index contributed by atoms with van der Waals surface area (Å²) in [5.74, 6) is 1.34. The quantitative estimate of drug-likeness (QED) is 0.511. The van der Waals surface area contributed by atoms with Gasteiger partial charge in [0, 0.05) is 19.6 Å². The van der Waals surface area contributed by atoms with Crippen molar-refractivity contribution >= 4 is 43.8 Å². The van der Waals surface area contributed by atoms with Crippen LogP contribution in [-0.4, -0.2) is 55.7 Å². The molecule has 2 aromatic carbocycles. The van der Waals surface area contributed by atoms with Crippen LogP contribution in [0.25, 0.3) is 22.1 Å². The van der Waals surface area contributed by atoms with Crippen molar-refractivity contribution in [3.8, 4) is 5.75 Å². The normalized spacial score (nSPS) is 15.9. The van der Waals surface area contributed by atoms with Crippen molar-refractivity contribution in [1.82, 2.24) is 13.9 Å². The Morgan fingerprint density at radius 1 is 1.22 bits per heavy atom. The molecule has 32 heavy (non-hydrogen) atoms. The number of benzene rings is 2. The fourth-order valence-corrected chi connectivity index (χ4v) is 5.48. The summed E-state index contributed by atoms with van der Waals surface area (Å²) in [7, 11) is -1.98. The van der Waals surface area contributed by atoms with E-state index in [9.17, 15) is 8.42 Å². The second-order valence-electron chi connectivity index (χ2n) is 7.52. The van der Waals surface area contributed by atoms with Gasteiger partial charge in [0.15, 0.2) is 5.82 Å². The molecule has 1 aliphatic rings. The number of aromatic nitrogens is 2. The predicted molar refractivity (Wildman–Crippen MR) is 126 cm³/mol. The van der Waals surface area contributed by atoms with Gasteiger partial charge in [0.05, 0.1) is 41.3 Å². The average Bonchev–Trinajstić information content (AvgIpc) is 3.18. The third-order valence-corrected chi connectivity index (χ3v) is 7.55. The van der Waals surface area contributed by atoms with Gasteiger partial charge in [-0.3, -0.25) is 0 Å². The fraction of sp³-hybridized carbons (Fsp3) is 0.348. The zero-order valence-electron chi connectivity index (χ0n) is 18.1. The molecular weight excluding hydrogens is 450 g/mol. The van der Waals surface area contributed by atoms with Crippen LogP contribution in [0.3, 0.4) is 0 Å². The molecule has 0 atom stereocenters. The smallest absolute Gasteiger partial charge is 0.243 e. The summed E-state index contributed by atoms with van der Waals surface area (Å²) in [6.07, 6.45) is 2.72. The Balaban J connectivity index is 1.76. The first-order chi connectivity index (χ1) is 15.4. The first kappa shape index (κ1) is 22.8. The summed E-state index contributed by atoms with van der Waals surface area (Å²) in [6, 6.07) is 12.7. The van der Waals surface area contributed by atoms with Gasteiger partial charge in [-0.1, -0.05) is 30.7 Å². The van der Waals surface area contributed by atoms with E-state index in [2.05, 4.69) is 6.92 Å². The molecule has 0 radical (unpaired) electrons. The van der Waals surface area contributed by atoms with E-state index in [1.807, 2.05) is 41.0 Å². The lowest BCUT2D eigenvalue weighted by molar-refractivity contribution is 0.0730. The summed E-state index contributed by atoms with van der Waals surface area (Å²) in [5.41, 5.74) is 2.33. The van der Waals surface area contributed by atoms with Crippen LogP contribution in [0, 0.1) is 0 Å². The van der Waals surface area contributed by atoms with Gasteiger partial charge in [0.1, 0.15) is 5.75 Å². The molecule has 0 unspecified atom stereocenters. The van der Waals surface area contributed by atoms with Gasteiger partial charge in [0.25, 0.3) is 0 Å². The molecule has 1 saturated heterocycles. The number of methoxy groups -OCH3 is 1. The number of hydrogen-bond donors (Lipinski definition) is 0. The standard InChI is InChI=1S/C23H26ClN3O4S/c1-3-9-27-22-8-7-19(32(28,29)26-10-12-31-13-11-26)16-21(22)25-23(27)20(24)15-17-5-4-6-18(14-17)30-2/h4-8,14-16H,3,9-13H2,1-2H3. The predicted octanol–water partition coefficient (Wildman–Crippen LogP) is 4.21. The van der Waals surface area contributed by atoms with Gasteiger partial charge in [-0.2, -0.15) is 4.31 Å². The monoisotopic (exact) mass is 475 g/mol. The van der Waals surface area contributed by atoms with Crippen LogP contribution in [0.2, 0.25) is 0 Å². The highest BCUT2D eigenvalue weighted by molar-refractivity contribution is 7.89. The summed E-state index contributed by atoms with van der Waals surface area (Å²) >= 11 is 6.70. The van der Waals surface area contributed by atoms with Gasteiger partial charge in [0.2, 0.25) is 10.0 Å². The highest BCUT2D eigenvalue weighted by atomic mass is 35.5. The van der Waals surface area contributed by atoms with Crippen molar-refractivity contribution < 1.29 is 17.9 Å². The van der Waals surface area contributed by atoms with Crippen molar-refractivity contribution in [2.45, 2.75) is 24.8 Å². The van der Waals surface area contributed by atoms with Crippen LogP contribution in [0.5, 0.6) is 5.75 Å². The highest BCUT2D eigenvalue weighted by Crippen LogP contribution is 2.29. The molecule has 1 fully saturated rings. The van der Waals surface area contributed by atoms with Crippen LogP contribution >= 0.6 is 11.6 Å². The van der Waals surface area contributed by atoms with E-state index in [1.165, 1.54) is 4.31 Å². The third-order valence-electron chi connectivity index (χ3n) is 5.38. The van der Waals surface area contributed by atoms with Crippen molar-refractivity contribution in [1.29, 1.82) is 0 Å². The molecule has 0 aliphatic carbocycles. The Kier molecular flexibility index (Phi) is 6.85. The van der Waals surface area contributed by atoms with E-state index >= 15 is 0 Å². The SMILES string of the molecule is CCCn1c(C(Cl)=Cc2cccc(OC)c2)nc2cc(S(=O)(=O)N3CCOCC3)ccc21. The Bertz CT molecular complexity index is 1250. The largest absolute Gasteiger partial charge is 0.497 e. The molecule has 0 bridgehead atoms. The average molecular weight is 476 g/mol. The number of aryl methyl sites for hydroxylation is 1. The van der Waals surface area contributed by atoms with Gasteiger partial charge >= 0.3 is 0 Å². The molecule has 1 aromatic heterocycles. The molecule has 170 valence electrons. The maximum atomic E-state index is 13.1.